The summed E-state index contributed by atoms with van der Waals surface area (Å²) in [5.41, 5.74) is 2.67. The van der Waals surface area contributed by atoms with Gasteiger partial charge in [0.2, 0.25) is 0 Å². The van der Waals surface area contributed by atoms with E-state index >= 15 is 0 Å². The van der Waals surface area contributed by atoms with Crippen molar-refractivity contribution in [3.05, 3.63) is 48.2 Å². The molecule has 0 saturated carbocycles. The summed E-state index contributed by atoms with van der Waals surface area (Å²) in [5.74, 6) is -2.39. The highest BCUT2D eigenvalue weighted by Crippen LogP contribution is 2.31. The molecule has 8 heteroatoms. The summed E-state index contributed by atoms with van der Waals surface area (Å²) in [5, 5.41) is 3.67. The standard InChI is InChI=1S/C19H22F2N6/c1-13-2-3-14(10-23-13)5-8-27-9-6-16(19(20,21)11-27)26-18-15-4-7-22-17(15)24-12-25-18/h2-4,7,10,12,16H,5-6,8-9,11H2,1H3,(H2,22,24,25,26). The molecule has 3 aromatic rings. The number of nitrogens with zero attached hydrogens (tertiary/aromatic N) is 4. The van der Waals surface area contributed by atoms with E-state index in [2.05, 4.69) is 25.3 Å². The van der Waals surface area contributed by atoms with Crippen LogP contribution in [0.1, 0.15) is 17.7 Å². The second-order valence-electron chi connectivity index (χ2n) is 7.04. The molecular formula is C19H22F2N6. The van der Waals surface area contributed by atoms with Crippen LogP contribution in [0.25, 0.3) is 11.0 Å². The van der Waals surface area contributed by atoms with E-state index in [1.165, 1.54) is 6.33 Å². The number of aromatic amines is 1. The van der Waals surface area contributed by atoms with Gasteiger partial charge in [-0.1, -0.05) is 6.07 Å². The Morgan fingerprint density at radius 3 is 2.93 bits per heavy atom. The molecule has 4 rings (SSSR count). The third kappa shape index (κ3) is 3.90. The van der Waals surface area contributed by atoms with E-state index in [4.69, 9.17) is 0 Å². The molecule has 0 radical (unpaired) electrons. The monoisotopic (exact) mass is 372 g/mol. The Kier molecular flexibility index (Phi) is 4.73. The Morgan fingerprint density at radius 2 is 2.15 bits per heavy atom. The van der Waals surface area contributed by atoms with Gasteiger partial charge in [-0.15, -0.1) is 0 Å². The number of rotatable bonds is 5. The van der Waals surface area contributed by atoms with Crippen LogP contribution in [0.4, 0.5) is 14.6 Å². The van der Waals surface area contributed by atoms with Crippen molar-refractivity contribution in [2.75, 3.05) is 25.0 Å². The van der Waals surface area contributed by atoms with Crippen LogP contribution in [0, 0.1) is 6.92 Å². The number of piperidine rings is 1. The van der Waals surface area contributed by atoms with E-state index in [0.717, 1.165) is 23.1 Å². The van der Waals surface area contributed by atoms with E-state index in [1.54, 1.807) is 12.3 Å². The van der Waals surface area contributed by atoms with Gasteiger partial charge in [0.25, 0.3) is 5.92 Å². The zero-order valence-corrected chi connectivity index (χ0v) is 15.1. The number of aryl methyl sites for hydroxylation is 1. The fraction of sp³-hybridized carbons (Fsp3) is 0.421. The van der Waals surface area contributed by atoms with Gasteiger partial charge in [0, 0.05) is 31.2 Å². The van der Waals surface area contributed by atoms with Crippen LogP contribution in [-0.2, 0) is 6.42 Å². The third-order valence-electron chi connectivity index (χ3n) is 5.03. The van der Waals surface area contributed by atoms with Crippen molar-refractivity contribution in [2.45, 2.75) is 31.7 Å². The summed E-state index contributed by atoms with van der Waals surface area (Å²) in [6.07, 6.45) is 6.00. The first-order valence-corrected chi connectivity index (χ1v) is 9.07. The third-order valence-corrected chi connectivity index (χ3v) is 5.03. The Balaban J connectivity index is 1.38. The van der Waals surface area contributed by atoms with Crippen molar-refractivity contribution < 1.29 is 8.78 Å². The lowest BCUT2D eigenvalue weighted by molar-refractivity contribution is -0.0734. The maximum absolute atomic E-state index is 14.7. The fourth-order valence-corrected chi connectivity index (χ4v) is 3.46. The summed E-state index contributed by atoms with van der Waals surface area (Å²) >= 11 is 0. The molecular weight excluding hydrogens is 350 g/mol. The van der Waals surface area contributed by atoms with Crippen molar-refractivity contribution in [3.8, 4) is 0 Å². The van der Waals surface area contributed by atoms with Crippen molar-refractivity contribution in [1.29, 1.82) is 0 Å². The average Bonchev–Trinajstić information content (AvgIpc) is 3.13. The van der Waals surface area contributed by atoms with Gasteiger partial charge in [-0.3, -0.25) is 9.88 Å². The van der Waals surface area contributed by atoms with Crippen LogP contribution < -0.4 is 5.32 Å². The fourth-order valence-electron chi connectivity index (χ4n) is 3.46. The highest BCUT2D eigenvalue weighted by atomic mass is 19.3. The molecule has 0 aliphatic carbocycles. The summed E-state index contributed by atoms with van der Waals surface area (Å²) < 4.78 is 29.5. The predicted molar refractivity (Wildman–Crippen MR) is 100.0 cm³/mol. The minimum atomic E-state index is -2.84. The molecule has 0 bridgehead atoms. The molecule has 1 atom stereocenters. The summed E-state index contributed by atoms with van der Waals surface area (Å²) in [6.45, 7) is 2.89. The number of alkyl halides is 2. The number of aromatic nitrogens is 4. The minimum Gasteiger partial charge on any atom is -0.361 e. The van der Waals surface area contributed by atoms with Crippen molar-refractivity contribution in [1.82, 2.24) is 24.8 Å². The number of nitrogens with one attached hydrogen (secondary N) is 2. The van der Waals surface area contributed by atoms with Gasteiger partial charge in [0.15, 0.2) is 0 Å². The predicted octanol–water partition coefficient (Wildman–Crippen LogP) is 3.03. The van der Waals surface area contributed by atoms with Crippen LogP contribution in [0.15, 0.2) is 36.9 Å². The number of hydrogen-bond donors (Lipinski definition) is 2. The van der Waals surface area contributed by atoms with E-state index in [-0.39, 0.29) is 6.54 Å². The van der Waals surface area contributed by atoms with Gasteiger partial charge in [-0.05, 0) is 37.5 Å². The molecule has 1 aliphatic rings. The van der Waals surface area contributed by atoms with E-state index in [0.29, 0.717) is 31.0 Å². The average molecular weight is 372 g/mol. The number of hydrogen-bond acceptors (Lipinski definition) is 5. The first-order valence-electron chi connectivity index (χ1n) is 9.07. The minimum absolute atomic E-state index is 0.259. The number of pyridine rings is 1. The lowest BCUT2D eigenvalue weighted by Crippen LogP contribution is -2.54. The molecule has 0 amide bonds. The van der Waals surface area contributed by atoms with Gasteiger partial charge in [-0.2, -0.15) is 0 Å². The van der Waals surface area contributed by atoms with Crippen LogP contribution in [-0.4, -0.2) is 56.4 Å². The van der Waals surface area contributed by atoms with E-state index in [1.807, 2.05) is 30.2 Å². The van der Waals surface area contributed by atoms with E-state index in [9.17, 15) is 8.78 Å². The van der Waals surface area contributed by atoms with Crippen LogP contribution in [0.2, 0.25) is 0 Å². The van der Waals surface area contributed by atoms with Crippen LogP contribution in [0.3, 0.4) is 0 Å². The summed E-state index contributed by atoms with van der Waals surface area (Å²) in [4.78, 5) is 17.3. The number of H-pyrrole nitrogens is 1. The van der Waals surface area contributed by atoms with Crippen molar-refractivity contribution in [2.24, 2.45) is 0 Å². The maximum Gasteiger partial charge on any atom is 0.280 e. The molecule has 1 saturated heterocycles. The molecule has 2 N–H and O–H groups in total. The van der Waals surface area contributed by atoms with Crippen LogP contribution in [0.5, 0.6) is 0 Å². The first kappa shape index (κ1) is 17.8. The number of likely N-dealkylation sites (tertiary alicyclic amines) is 1. The summed E-state index contributed by atoms with van der Waals surface area (Å²) in [7, 11) is 0. The molecule has 1 fully saturated rings. The van der Waals surface area contributed by atoms with Gasteiger partial charge in [0.05, 0.1) is 18.0 Å². The molecule has 6 nitrogen and oxygen atoms in total. The topological polar surface area (TPSA) is 69.7 Å². The molecule has 0 spiro atoms. The normalized spacial score (nSPS) is 20.0. The maximum atomic E-state index is 14.7. The van der Waals surface area contributed by atoms with Crippen LogP contribution >= 0.6 is 0 Å². The highest BCUT2D eigenvalue weighted by Gasteiger charge is 2.44. The van der Waals surface area contributed by atoms with Gasteiger partial charge in [-0.25, -0.2) is 18.7 Å². The smallest absolute Gasteiger partial charge is 0.280 e. The zero-order valence-electron chi connectivity index (χ0n) is 15.1. The number of halogens is 2. The number of fused-ring (bicyclic) bond motifs is 1. The molecule has 1 unspecified atom stereocenters. The van der Waals surface area contributed by atoms with Gasteiger partial charge < -0.3 is 10.3 Å². The second-order valence-corrected chi connectivity index (χ2v) is 7.04. The lowest BCUT2D eigenvalue weighted by Gasteiger charge is -2.38. The molecule has 4 heterocycles. The SMILES string of the molecule is Cc1ccc(CCN2CCC(Nc3ncnc4[nH]ccc34)C(F)(F)C2)cn1. The Bertz CT molecular complexity index is 908. The van der Waals surface area contributed by atoms with Gasteiger partial charge in [0.1, 0.15) is 17.8 Å². The first-order chi connectivity index (χ1) is 13.0. The number of anilines is 1. The van der Waals surface area contributed by atoms with Crippen molar-refractivity contribution >= 4 is 16.9 Å². The van der Waals surface area contributed by atoms with Gasteiger partial charge >= 0.3 is 0 Å². The summed E-state index contributed by atoms with van der Waals surface area (Å²) in [6, 6.07) is 4.80. The molecule has 0 aromatic carbocycles. The Hall–Kier alpha value is -2.61. The molecule has 27 heavy (non-hydrogen) atoms. The lowest BCUT2D eigenvalue weighted by atomic mass is 10.00. The largest absolute Gasteiger partial charge is 0.361 e. The quantitative estimate of drug-likeness (QED) is 0.721. The Labute approximate surface area is 156 Å². The van der Waals surface area contributed by atoms with E-state index < -0.39 is 12.0 Å². The molecule has 142 valence electrons. The molecule has 1 aliphatic heterocycles. The second kappa shape index (κ2) is 7.19. The highest BCUT2D eigenvalue weighted by molar-refractivity contribution is 5.86. The molecule has 3 aromatic heterocycles. The van der Waals surface area contributed by atoms with Crippen molar-refractivity contribution in [3.63, 3.8) is 0 Å². The zero-order chi connectivity index (χ0) is 18.9. The Morgan fingerprint density at radius 1 is 1.26 bits per heavy atom.